The predicted octanol–water partition coefficient (Wildman–Crippen LogP) is 2.54. The second kappa shape index (κ2) is 10.9. The number of carbonyl (C=O) groups is 3. The highest BCUT2D eigenvalue weighted by Crippen LogP contribution is 2.20. The van der Waals surface area contributed by atoms with Crippen molar-refractivity contribution in [2.45, 2.75) is 59.7 Å². The van der Waals surface area contributed by atoms with Gasteiger partial charge in [-0.1, -0.05) is 33.1 Å². The third-order valence-electron chi connectivity index (χ3n) is 3.34. The Hall–Kier alpha value is -1.79. The van der Waals surface area contributed by atoms with Crippen LogP contribution in [0.4, 0.5) is 4.79 Å². The number of carboxylic acid groups (broad SMARTS) is 1. The van der Waals surface area contributed by atoms with E-state index in [2.05, 4.69) is 17.0 Å². The van der Waals surface area contributed by atoms with Crippen molar-refractivity contribution in [2.75, 3.05) is 6.54 Å². The van der Waals surface area contributed by atoms with Crippen molar-refractivity contribution in [1.29, 1.82) is 0 Å². The van der Waals surface area contributed by atoms with Gasteiger partial charge in [0.1, 0.15) is 0 Å². The van der Waals surface area contributed by atoms with Crippen LogP contribution in [0.3, 0.4) is 0 Å². The van der Waals surface area contributed by atoms with Crippen molar-refractivity contribution in [3.63, 3.8) is 0 Å². The topological polar surface area (TPSA) is 102 Å². The molecule has 0 spiro atoms. The molecule has 0 saturated heterocycles. The lowest BCUT2D eigenvalue weighted by molar-refractivity contribution is -0.162. The fourth-order valence-electron chi connectivity index (χ4n) is 2.23. The second-order valence-electron chi connectivity index (χ2n) is 5.30. The van der Waals surface area contributed by atoms with Gasteiger partial charge in [0.2, 0.25) is 6.29 Å². The van der Waals surface area contributed by atoms with E-state index in [0.717, 1.165) is 19.3 Å². The van der Waals surface area contributed by atoms with Crippen LogP contribution in [0, 0.1) is 11.8 Å². The number of carbonyl (C=O) groups excluding carboxylic acids is 2. The fourth-order valence-corrected chi connectivity index (χ4v) is 2.23. The van der Waals surface area contributed by atoms with Gasteiger partial charge < -0.3 is 19.9 Å². The number of hydrogen-bond acceptors (Lipinski definition) is 5. The minimum atomic E-state index is -1.01. The number of rotatable bonds is 10. The van der Waals surface area contributed by atoms with Gasteiger partial charge in [-0.05, 0) is 12.3 Å². The molecule has 0 saturated carbocycles. The Labute approximate surface area is 131 Å². The highest BCUT2D eigenvalue weighted by molar-refractivity contribution is 5.72. The molecule has 0 aliphatic carbocycles. The lowest BCUT2D eigenvalue weighted by Crippen LogP contribution is -2.36. The summed E-state index contributed by atoms with van der Waals surface area (Å²) in [7, 11) is 0. The van der Waals surface area contributed by atoms with E-state index in [1.54, 1.807) is 0 Å². The molecule has 7 nitrogen and oxygen atoms in total. The van der Waals surface area contributed by atoms with Crippen LogP contribution in [0.5, 0.6) is 0 Å². The number of amides is 1. The molecule has 1 unspecified atom stereocenters. The number of nitrogens with one attached hydrogen (secondary N) is 1. The molecule has 0 aliphatic heterocycles. The molecule has 0 rings (SSSR count). The summed E-state index contributed by atoms with van der Waals surface area (Å²) in [5.41, 5.74) is 0. The molecule has 0 heterocycles. The zero-order valence-corrected chi connectivity index (χ0v) is 13.8. The van der Waals surface area contributed by atoms with Crippen molar-refractivity contribution < 1.29 is 29.0 Å². The number of esters is 1. The van der Waals surface area contributed by atoms with Crippen LogP contribution in [0.1, 0.15) is 53.4 Å². The summed E-state index contributed by atoms with van der Waals surface area (Å²) < 4.78 is 9.43. The number of carboxylic acids is 1. The van der Waals surface area contributed by atoms with Crippen LogP contribution < -0.4 is 5.32 Å². The third kappa shape index (κ3) is 9.20. The summed E-state index contributed by atoms with van der Waals surface area (Å²) >= 11 is 0. The number of ether oxygens (including phenoxy) is 2. The van der Waals surface area contributed by atoms with E-state index in [1.807, 2.05) is 6.92 Å². The first-order chi connectivity index (χ1) is 10.3. The Morgan fingerprint density at radius 3 is 2.27 bits per heavy atom. The first kappa shape index (κ1) is 20.2. The Balaban J connectivity index is 4.31. The predicted molar refractivity (Wildman–Crippen MR) is 80.1 cm³/mol. The molecule has 0 aromatic heterocycles. The summed E-state index contributed by atoms with van der Waals surface area (Å²) in [4.78, 5) is 33.5. The molecule has 0 aliphatic rings. The largest absolute Gasteiger partial charge is 0.481 e. The molecule has 0 aromatic carbocycles. The van der Waals surface area contributed by atoms with Gasteiger partial charge in [-0.2, -0.15) is 0 Å². The fraction of sp³-hybridized carbons (Fsp3) is 0.800. The Morgan fingerprint density at radius 1 is 1.18 bits per heavy atom. The number of hydrogen-bond donors (Lipinski definition) is 2. The molecule has 128 valence electrons. The smallest absolute Gasteiger partial charge is 0.410 e. The SMILES string of the molecule is CCC[C@@H](CC)CC(CNC(=O)O[C@H](C)OC(C)=O)C(=O)O. The first-order valence-corrected chi connectivity index (χ1v) is 7.64. The zero-order chi connectivity index (χ0) is 17.1. The molecule has 22 heavy (non-hydrogen) atoms. The van der Waals surface area contributed by atoms with Gasteiger partial charge in [0.15, 0.2) is 0 Å². The van der Waals surface area contributed by atoms with Crippen molar-refractivity contribution in [3.8, 4) is 0 Å². The molecule has 3 atom stereocenters. The first-order valence-electron chi connectivity index (χ1n) is 7.64. The van der Waals surface area contributed by atoms with Crippen LogP contribution in [-0.4, -0.2) is 36.0 Å². The van der Waals surface area contributed by atoms with Gasteiger partial charge in [0, 0.05) is 20.4 Å². The third-order valence-corrected chi connectivity index (χ3v) is 3.34. The summed E-state index contributed by atoms with van der Waals surface area (Å²) in [6.45, 7) is 6.69. The van der Waals surface area contributed by atoms with Gasteiger partial charge in [-0.15, -0.1) is 0 Å². The molecule has 0 aromatic rings. The van der Waals surface area contributed by atoms with Crippen molar-refractivity contribution in [1.82, 2.24) is 5.32 Å². The van der Waals surface area contributed by atoms with Gasteiger partial charge in [-0.25, -0.2) is 4.79 Å². The maximum atomic E-state index is 11.5. The molecule has 0 bridgehead atoms. The van der Waals surface area contributed by atoms with Crippen molar-refractivity contribution in [2.24, 2.45) is 11.8 Å². The van der Waals surface area contributed by atoms with E-state index in [1.165, 1.54) is 13.8 Å². The minimum Gasteiger partial charge on any atom is -0.481 e. The maximum absolute atomic E-state index is 11.5. The highest BCUT2D eigenvalue weighted by atomic mass is 16.7. The molecular weight excluding hydrogens is 290 g/mol. The lowest BCUT2D eigenvalue weighted by atomic mass is 9.89. The highest BCUT2D eigenvalue weighted by Gasteiger charge is 2.23. The van der Waals surface area contributed by atoms with Crippen LogP contribution in [0.25, 0.3) is 0 Å². The van der Waals surface area contributed by atoms with E-state index < -0.39 is 30.2 Å². The Morgan fingerprint density at radius 2 is 1.82 bits per heavy atom. The van der Waals surface area contributed by atoms with Gasteiger partial charge >= 0.3 is 18.0 Å². The van der Waals surface area contributed by atoms with Gasteiger partial charge in [-0.3, -0.25) is 9.59 Å². The second-order valence-corrected chi connectivity index (χ2v) is 5.30. The van der Waals surface area contributed by atoms with Crippen LogP contribution in [-0.2, 0) is 19.1 Å². The number of aliphatic carboxylic acids is 1. The molecule has 2 N–H and O–H groups in total. The quantitative estimate of drug-likeness (QED) is 0.474. The average molecular weight is 317 g/mol. The molecule has 7 heteroatoms. The Bertz CT molecular complexity index is 371. The minimum absolute atomic E-state index is 0.0127. The van der Waals surface area contributed by atoms with E-state index in [-0.39, 0.29) is 6.54 Å². The number of alkyl carbamates (subject to hydrolysis) is 1. The standard InChI is InChI=1S/C15H27NO6/c1-5-7-12(6-2)8-13(14(18)19)9-16-15(20)22-11(4)21-10(3)17/h11-13H,5-9H2,1-4H3,(H,16,20)(H,18,19)/t11-,12-,13?/m1/s1. The summed E-state index contributed by atoms with van der Waals surface area (Å²) in [5.74, 6) is -1.84. The van der Waals surface area contributed by atoms with Crippen LogP contribution in [0.15, 0.2) is 0 Å². The van der Waals surface area contributed by atoms with Gasteiger partial charge in [0.25, 0.3) is 0 Å². The maximum Gasteiger partial charge on any atom is 0.410 e. The van der Waals surface area contributed by atoms with E-state index in [9.17, 15) is 19.5 Å². The molecular formula is C15H27NO6. The summed E-state index contributed by atoms with van der Waals surface area (Å²) in [6.07, 6.45) is 1.58. The van der Waals surface area contributed by atoms with E-state index in [0.29, 0.717) is 12.3 Å². The summed E-state index contributed by atoms with van der Waals surface area (Å²) in [5, 5.41) is 11.6. The Kier molecular flexibility index (Phi) is 9.98. The van der Waals surface area contributed by atoms with E-state index >= 15 is 0 Å². The molecule has 0 fully saturated rings. The lowest BCUT2D eigenvalue weighted by Gasteiger charge is -2.20. The van der Waals surface area contributed by atoms with Crippen LogP contribution >= 0.6 is 0 Å². The normalized spacial score (nSPS) is 14.5. The monoisotopic (exact) mass is 317 g/mol. The zero-order valence-electron chi connectivity index (χ0n) is 13.8. The van der Waals surface area contributed by atoms with Crippen LogP contribution in [0.2, 0.25) is 0 Å². The molecule has 0 radical (unpaired) electrons. The van der Waals surface area contributed by atoms with Gasteiger partial charge in [0.05, 0.1) is 5.92 Å². The van der Waals surface area contributed by atoms with E-state index in [4.69, 9.17) is 4.74 Å². The van der Waals surface area contributed by atoms with Crippen molar-refractivity contribution >= 4 is 18.0 Å². The summed E-state index contributed by atoms with van der Waals surface area (Å²) in [6, 6.07) is 0. The van der Waals surface area contributed by atoms with Crippen molar-refractivity contribution in [3.05, 3.63) is 0 Å². The average Bonchev–Trinajstić information content (AvgIpc) is 2.40. The molecule has 1 amide bonds.